The number of para-hydroxylation sites is 1. The van der Waals surface area contributed by atoms with Crippen LogP contribution in [0.5, 0.6) is 5.75 Å². The molecule has 0 radical (unpaired) electrons. The molecule has 4 N–H and O–H groups in total. The normalized spacial score (nSPS) is 12.9. The second-order valence-corrected chi connectivity index (χ2v) is 9.45. The first-order valence-electron chi connectivity index (χ1n) is 11.1. The molecule has 2 aromatic carbocycles. The van der Waals surface area contributed by atoms with Crippen LogP contribution in [0, 0.1) is 6.92 Å². The zero-order chi connectivity index (χ0) is 26.3. The van der Waals surface area contributed by atoms with E-state index in [-0.39, 0.29) is 12.3 Å². The summed E-state index contributed by atoms with van der Waals surface area (Å²) in [5, 5.41) is 25.3. The number of anilines is 1. The zero-order valence-electron chi connectivity index (χ0n) is 20.5. The van der Waals surface area contributed by atoms with Gasteiger partial charge in [0.1, 0.15) is 23.4 Å². The highest BCUT2D eigenvalue weighted by atomic mass is 35.5. The number of phenols is 1. The Labute approximate surface area is 210 Å². The van der Waals surface area contributed by atoms with Gasteiger partial charge < -0.3 is 30.5 Å². The van der Waals surface area contributed by atoms with Crippen molar-refractivity contribution in [2.24, 2.45) is 0 Å². The molecular weight excluding hydrogens is 474 g/mol. The van der Waals surface area contributed by atoms with Gasteiger partial charge in [-0.05, 0) is 63.9 Å². The number of amides is 3. The first-order chi connectivity index (χ1) is 16.3. The molecule has 0 aliphatic heterocycles. The average molecular weight is 506 g/mol. The number of halogens is 1. The molecule has 10 heteroatoms. The summed E-state index contributed by atoms with van der Waals surface area (Å²) in [7, 11) is 0. The number of aliphatic hydroxyl groups excluding tert-OH is 1. The molecule has 2 atom stereocenters. The number of nitrogens with one attached hydrogen (secondary N) is 2. The Hall–Kier alpha value is -3.30. The Morgan fingerprint density at radius 3 is 2.37 bits per heavy atom. The van der Waals surface area contributed by atoms with E-state index in [4.69, 9.17) is 16.3 Å². The number of rotatable bonds is 8. The molecule has 0 aromatic heterocycles. The van der Waals surface area contributed by atoms with Crippen LogP contribution in [0.15, 0.2) is 42.5 Å². The van der Waals surface area contributed by atoms with Crippen molar-refractivity contribution in [2.45, 2.75) is 52.3 Å². The number of aryl methyl sites for hydroxylation is 1. The first-order valence-corrected chi connectivity index (χ1v) is 11.5. The second kappa shape index (κ2) is 11.9. The minimum Gasteiger partial charge on any atom is -0.508 e. The molecule has 3 amide bonds. The van der Waals surface area contributed by atoms with Crippen molar-refractivity contribution < 1.29 is 29.3 Å². The number of nitrogens with zero attached hydrogens (tertiary/aromatic N) is 1. The molecule has 0 bridgehead atoms. The van der Waals surface area contributed by atoms with Crippen LogP contribution in [0.4, 0.5) is 10.5 Å². The summed E-state index contributed by atoms with van der Waals surface area (Å²) in [5.74, 6) is -1.35. The summed E-state index contributed by atoms with van der Waals surface area (Å²) in [6.45, 7) is 7.63. The quantitative estimate of drug-likeness (QED) is 0.432. The number of carbonyl (C=O) groups excluding carboxylic acids is 3. The highest BCUT2D eigenvalue weighted by Crippen LogP contribution is 2.30. The van der Waals surface area contributed by atoms with E-state index >= 15 is 0 Å². The minimum atomic E-state index is -1.25. The lowest BCUT2D eigenvalue weighted by Gasteiger charge is -2.33. The summed E-state index contributed by atoms with van der Waals surface area (Å²) >= 11 is 6.28. The van der Waals surface area contributed by atoms with Gasteiger partial charge in [-0.2, -0.15) is 0 Å². The standard InChI is InChI=1S/C25H32ClN3O6/c1-15-8-6-11-19(26)20(15)28-22(32)21(17-9-7-10-18(31)14-17)29(12-13-30)23(33)16(2)27-24(34)35-25(3,4)5/h6-11,14,16,21,30-31H,12-13H2,1-5H3,(H,27,34)(H,28,32). The Morgan fingerprint density at radius 1 is 1.14 bits per heavy atom. The van der Waals surface area contributed by atoms with E-state index in [0.29, 0.717) is 21.8 Å². The first kappa shape index (κ1) is 27.9. The molecule has 35 heavy (non-hydrogen) atoms. The van der Waals surface area contributed by atoms with Gasteiger partial charge in [-0.3, -0.25) is 9.59 Å². The van der Waals surface area contributed by atoms with Crippen molar-refractivity contribution in [2.75, 3.05) is 18.5 Å². The molecule has 0 spiro atoms. The summed E-state index contributed by atoms with van der Waals surface area (Å²) in [6, 6.07) is 8.71. The molecule has 2 aromatic rings. The molecule has 0 aliphatic rings. The summed E-state index contributed by atoms with van der Waals surface area (Å²) in [6.07, 6.45) is -0.799. The Bertz CT molecular complexity index is 1050. The topological polar surface area (TPSA) is 128 Å². The van der Waals surface area contributed by atoms with Crippen LogP contribution in [-0.2, 0) is 14.3 Å². The number of phenolic OH excluding ortho intramolecular Hbond substituents is 1. The van der Waals surface area contributed by atoms with Gasteiger partial charge in [-0.25, -0.2) is 4.79 Å². The molecule has 2 rings (SSSR count). The van der Waals surface area contributed by atoms with E-state index in [1.54, 1.807) is 52.0 Å². The Kier molecular flexibility index (Phi) is 9.50. The number of ether oxygens (including phenoxy) is 1. The van der Waals surface area contributed by atoms with Crippen LogP contribution in [0.25, 0.3) is 0 Å². The van der Waals surface area contributed by atoms with Gasteiger partial charge in [0.05, 0.1) is 17.3 Å². The third kappa shape index (κ3) is 7.87. The van der Waals surface area contributed by atoms with Crippen molar-refractivity contribution in [3.8, 4) is 5.75 Å². The highest BCUT2D eigenvalue weighted by molar-refractivity contribution is 6.34. The Morgan fingerprint density at radius 2 is 1.80 bits per heavy atom. The molecule has 2 unspecified atom stereocenters. The third-order valence-corrected chi connectivity index (χ3v) is 5.26. The maximum Gasteiger partial charge on any atom is 0.408 e. The summed E-state index contributed by atoms with van der Waals surface area (Å²) in [5.41, 5.74) is 0.619. The number of alkyl carbamates (subject to hydrolysis) is 1. The fourth-order valence-corrected chi connectivity index (χ4v) is 3.69. The number of hydrogen-bond donors (Lipinski definition) is 4. The monoisotopic (exact) mass is 505 g/mol. The van der Waals surface area contributed by atoms with Gasteiger partial charge in [0.25, 0.3) is 5.91 Å². The van der Waals surface area contributed by atoms with Crippen molar-refractivity contribution in [3.05, 3.63) is 58.6 Å². The molecule has 0 heterocycles. The van der Waals surface area contributed by atoms with Crippen molar-refractivity contribution in [1.29, 1.82) is 0 Å². The third-order valence-electron chi connectivity index (χ3n) is 4.94. The van der Waals surface area contributed by atoms with Crippen LogP contribution in [0.3, 0.4) is 0 Å². The van der Waals surface area contributed by atoms with E-state index in [1.165, 1.54) is 25.1 Å². The van der Waals surface area contributed by atoms with Crippen LogP contribution >= 0.6 is 11.6 Å². The van der Waals surface area contributed by atoms with Gasteiger partial charge in [0, 0.05) is 6.54 Å². The maximum atomic E-state index is 13.5. The number of carbonyl (C=O) groups is 3. The lowest BCUT2D eigenvalue weighted by molar-refractivity contribution is -0.141. The molecule has 0 fully saturated rings. The largest absolute Gasteiger partial charge is 0.508 e. The number of aliphatic hydroxyl groups is 1. The van der Waals surface area contributed by atoms with Crippen LogP contribution in [-0.4, -0.2) is 57.8 Å². The van der Waals surface area contributed by atoms with Gasteiger partial charge in [0.2, 0.25) is 5.91 Å². The van der Waals surface area contributed by atoms with Crippen molar-refractivity contribution in [1.82, 2.24) is 10.2 Å². The predicted octanol–water partition coefficient (Wildman–Crippen LogP) is 3.77. The molecular formula is C25H32ClN3O6. The van der Waals surface area contributed by atoms with E-state index in [0.717, 1.165) is 4.90 Å². The summed E-state index contributed by atoms with van der Waals surface area (Å²) < 4.78 is 5.21. The molecule has 0 saturated carbocycles. The summed E-state index contributed by atoms with van der Waals surface area (Å²) in [4.78, 5) is 40.3. The molecule has 9 nitrogen and oxygen atoms in total. The Balaban J connectivity index is 2.43. The molecule has 190 valence electrons. The van der Waals surface area contributed by atoms with Gasteiger partial charge >= 0.3 is 6.09 Å². The van der Waals surface area contributed by atoms with Gasteiger partial charge in [-0.15, -0.1) is 0 Å². The fraction of sp³-hybridized carbons (Fsp3) is 0.400. The van der Waals surface area contributed by atoms with E-state index in [2.05, 4.69) is 10.6 Å². The number of hydrogen-bond acceptors (Lipinski definition) is 6. The smallest absolute Gasteiger partial charge is 0.408 e. The zero-order valence-corrected chi connectivity index (χ0v) is 21.2. The lowest BCUT2D eigenvalue weighted by atomic mass is 10.0. The van der Waals surface area contributed by atoms with E-state index in [1.807, 2.05) is 0 Å². The lowest BCUT2D eigenvalue weighted by Crippen LogP contribution is -2.52. The fourth-order valence-electron chi connectivity index (χ4n) is 3.42. The molecule has 0 aliphatic carbocycles. The van der Waals surface area contributed by atoms with Crippen LogP contribution in [0.1, 0.15) is 44.9 Å². The van der Waals surface area contributed by atoms with Crippen molar-refractivity contribution >= 4 is 35.2 Å². The maximum absolute atomic E-state index is 13.5. The van der Waals surface area contributed by atoms with Gasteiger partial charge in [0.15, 0.2) is 0 Å². The number of benzene rings is 2. The minimum absolute atomic E-state index is 0.106. The van der Waals surface area contributed by atoms with Crippen molar-refractivity contribution in [3.63, 3.8) is 0 Å². The van der Waals surface area contributed by atoms with Crippen LogP contribution < -0.4 is 10.6 Å². The van der Waals surface area contributed by atoms with E-state index < -0.39 is 42.2 Å². The van der Waals surface area contributed by atoms with Gasteiger partial charge in [-0.1, -0.05) is 35.9 Å². The molecule has 0 saturated heterocycles. The predicted molar refractivity (Wildman–Crippen MR) is 133 cm³/mol. The second-order valence-electron chi connectivity index (χ2n) is 9.04. The van der Waals surface area contributed by atoms with Crippen LogP contribution in [0.2, 0.25) is 5.02 Å². The number of aromatic hydroxyl groups is 1. The van der Waals surface area contributed by atoms with E-state index in [9.17, 15) is 24.6 Å². The SMILES string of the molecule is Cc1cccc(Cl)c1NC(=O)C(c1cccc(O)c1)N(CCO)C(=O)C(C)NC(=O)OC(C)(C)C. The highest BCUT2D eigenvalue weighted by Gasteiger charge is 2.35. The average Bonchev–Trinajstić information content (AvgIpc) is 2.74.